The Balaban J connectivity index is 1.73. The molecule has 1 aromatic carbocycles. The summed E-state index contributed by atoms with van der Waals surface area (Å²) in [6, 6.07) is 8.85. The molecule has 25 heavy (non-hydrogen) atoms. The average molecular weight is 444 g/mol. The second-order valence-corrected chi connectivity index (χ2v) is 9.68. The molecule has 0 saturated carbocycles. The molecular weight excluding hydrogens is 422 g/mol. The van der Waals surface area contributed by atoms with Crippen LogP contribution >= 0.6 is 27.3 Å². The number of nitrogens with zero attached hydrogens (tertiary/aromatic N) is 2. The standard InChI is InChI=1S/C17H22BrN3O2S2/c1-20-7-9-21(10-8-20)17(14-6-11-24-13-14)12-19-25(22,23)16-4-2-15(18)3-5-16/h2-6,11,13,17,19H,7-10,12H2,1H3. The Morgan fingerprint density at radius 3 is 2.44 bits per heavy atom. The van der Waals surface area contributed by atoms with Crippen molar-refractivity contribution < 1.29 is 8.42 Å². The van der Waals surface area contributed by atoms with E-state index in [1.165, 1.54) is 5.56 Å². The molecule has 1 atom stereocenters. The van der Waals surface area contributed by atoms with E-state index in [-0.39, 0.29) is 10.9 Å². The van der Waals surface area contributed by atoms with Crippen molar-refractivity contribution in [3.63, 3.8) is 0 Å². The molecule has 0 bridgehead atoms. The summed E-state index contributed by atoms with van der Waals surface area (Å²) < 4.78 is 28.9. The highest BCUT2D eigenvalue weighted by Crippen LogP contribution is 2.24. The molecule has 0 amide bonds. The molecule has 8 heteroatoms. The molecule has 1 aliphatic heterocycles. The number of nitrogens with one attached hydrogen (secondary N) is 1. The minimum absolute atomic E-state index is 0.0603. The maximum atomic E-state index is 12.6. The van der Waals surface area contributed by atoms with Crippen LogP contribution in [0.1, 0.15) is 11.6 Å². The van der Waals surface area contributed by atoms with Crippen molar-refractivity contribution >= 4 is 37.3 Å². The zero-order chi connectivity index (χ0) is 17.9. The van der Waals surface area contributed by atoms with E-state index in [0.29, 0.717) is 6.54 Å². The van der Waals surface area contributed by atoms with Gasteiger partial charge in [-0.1, -0.05) is 15.9 Å². The minimum atomic E-state index is -3.52. The average Bonchev–Trinajstić information content (AvgIpc) is 3.11. The molecule has 0 aliphatic carbocycles. The predicted molar refractivity (Wildman–Crippen MR) is 105 cm³/mol. The monoisotopic (exact) mass is 443 g/mol. The Labute approximate surface area is 161 Å². The number of halogens is 1. The summed E-state index contributed by atoms with van der Waals surface area (Å²) in [7, 11) is -1.40. The number of piperazine rings is 1. The fourth-order valence-corrected chi connectivity index (χ4v) is 4.95. The van der Waals surface area contributed by atoms with Crippen LogP contribution in [-0.4, -0.2) is 58.0 Å². The van der Waals surface area contributed by atoms with Gasteiger partial charge in [-0.25, -0.2) is 13.1 Å². The van der Waals surface area contributed by atoms with Crippen LogP contribution < -0.4 is 4.72 Å². The lowest BCUT2D eigenvalue weighted by Crippen LogP contribution is -2.48. The topological polar surface area (TPSA) is 52.6 Å². The second-order valence-electron chi connectivity index (χ2n) is 6.22. The van der Waals surface area contributed by atoms with E-state index >= 15 is 0 Å². The van der Waals surface area contributed by atoms with E-state index in [4.69, 9.17) is 0 Å². The number of sulfonamides is 1. The first kappa shape index (κ1) is 19.0. The molecule has 1 aliphatic rings. The first-order valence-electron chi connectivity index (χ1n) is 8.15. The molecule has 1 fully saturated rings. The van der Waals surface area contributed by atoms with Crippen molar-refractivity contribution in [2.75, 3.05) is 39.8 Å². The van der Waals surface area contributed by atoms with Crippen LogP contribution in [0.5, 0.6) is 0 Å². The Kier molecular flexibility index (Phi) is 6.30. The molecule has 2 aromatic rings. The minimum Gasteiger partial charge on any atom is -0.304 e. The van der Waals surface area contributed by atoms with Crippen LogP contribution in [0.25, 0.3) is 0 Å². The summed E-state index contributed by atoms with van der Waals surface area (Å²) in [5, 5.41) is 4.15. The van der Waals surface area contributed by atoms with Crippen molar-refractivity contribution in [3.8, 4) is 0 Å². The Morgan fingerprint density at radius 2 is 1.84 bits per heavy atom. The second kappa shape index (κ2) is 8.28. The van der Waals surface area contributed by atoms with Gasteiger partial charge in [0, 0.05) is 43.2 Å². The van der Waals surface area contributed by atoms with Gasteiger partial charge < -0.3 is 4.90 Å². The number of benzene rings is 1. The van der Waals surface area contributed by atoms with E-state index in [1.54, 1.807) is 35.6 Å². The molecule has 5 nitrogen and oxygen atoms in total. The van der Waals surface area contributed by atoms with E-state index < -0.39 is 10.0 Å². The van der Waals surface area contributed by atoms with Gasteiger partial charge in [0.25, 0.3) is 0 Å². The third kappa shape index (κ3) is 4.90. The molecule has 0 radical (unpaired) electrons. The molecule has 1 aromatic heterocycles. The van der Waals surface area contributed by atoms with E-state index in [2.05, 4.69) is 48.9 Å². The lowest BCUT2D eigenvalue weighted by Gasteiger charge is -2.37. The summed E-state index contributed by atoms with van der Waals surface area (Å²) in [5.74, 6) is 0. The van der Waals surface area contributed by atoms with Gasteiger partial charge in [0.05, 0.1) is 4.90 Å². The number of likely N-dealkylation sites (N-methyl/N-ethyl adjacent to an activating group) is 1. The highest BCUT2D eigenvalue weighted by atomic mass is 79.9. The van der Waals surface area contributed by atoms with Gasteiger partial charge in [-0.15, -0.1) is 0 Å². The van der Waals surface area contributed by atoms with Crippen molar-refractivity contribution in [2.45, 2.75) is 10.9 Å². The van der Waals surface area contributed by atoms with E-state index in [1.807, 2.05) is 5.38 Å². The van der Waals surface area contributed by atoms with Crippen LogP contribution in [0.15, 0.2) is 50.5 Å². The predicted octanol–water partition coefficient (Wildman–Crippen LogP) is 2.78. The van der Waals surface area contributed by atoms with E-state index in [9.17, 15) is 8.42 Å². The highest BCUT2D eigenvalue weighted by Gasteiger charge is 2.26. The SMILES string of the molecule is CN1CCN(C(CNS(=O)(=O)c2ccc(Br)cc2)c2ccsc2)CC1. The highest BCUT2D eigenvalue weighted by molar-refractivity contribution is 9.10. The maximum Gasteiger partial charge on any atom is 0.240 e. The molecular formula is C17H22BrN3O2S2. The molecule has 1 unspecified atom stereocenters. The van der Waals surface area contributed by atoms with Crippen molar-refractivity contribution in [2.24, 2.45) is 0 Å². The zero-order valence-electron chi connectivity index (χ0n) is 14.1. The molecule has 2 heterocycles. The number of rotatable bonds is 6. The summed E-state index contributed by atoms with van der Waals surface area (Å²) in [4.78, 5) is 4.96. The summed E-state index contributed by atoms with van der Waals surface area (Å²) in [6.07, 6.45) is 0. The van der Waals surface area contributed by atoms with Gasteiger partial charge in [0.1, 0.15) is 0 Å². The van der Waals surface area contributed by atoms with Crippen LogP contribution in [0, 0.1) is 0 Å². The van der Waals surface area contributed by atoms with Gasteiger partial charge in [0.2, 0.25) is 10.0 Å². The lowest BCUT2D eigenvalue weighted by atomic mass is 10.1. The molecule has 3 rings (SSSR count). The molecule has 1 saturated heterocycles. The quantitative estimate of drug-likeness (QED) is 0.745. The van der Waals surface area contributed by atoms with Gasteiger partial charge >= 0.3 is 0 Å². The normalized spacial score (nSPS) is 18.3. The van der Waals surface area contributed by atoms with Crippen molar-refractivity contribution in [3.05, 3.63) is 51.1 Å². The summed E-state index contributed by atoms with van der Waals surface area (Å²) in [6.45, 7) is 4.26. The molecule has 1 N–H and O–H groups in total. The summed E-state index contributed by atoms with van der Waals surface area (Å²) in [5.41, 5.74) is 1.17. The van der Waals surface area contributed by atoms with E-state index in [0.717, 1.165) is 30.7 Å². The number of hydrogen-bond acceptors (Lipinski definition) is 5. The van der Waals surface area contributed by atoms with Crippen molar-refractivity contribution in [1.29, 1.82) is 0 Å². The van der Waals surface area contributed by atoms with Crippen molar-refractivity contribution in [1.82, 2.24) is 14.5 Å². The fourth-order valence-electron chi connectivity index (χ4n) is 2.94. The Morgan fingerprint density at radius 1 is 1.16 bits per heavy atom. The number of thiophene rings is 1. The third-order valence-electron chi connectivity index (χ3n) is 4.50. The zero-order valence-corrected chi connectivity index (χ0v) is 17.3. The molecule has 0 spiro atoms. The molecule has 136 valence electrons. The maximum absolute atomic E-state index is 12.6. The first-order valence-corrected chi connectivity index (χ1v) is 11.4. The smallest absolute Gasteiger partial charge is 0.240 e. The fraction of sp³-hybridized carbons (Fsp3) is 0.412. The number of hydrogen-bond donors (Lipinski definition) is 1. The first-order chi connectivity index (χ1) is 12.0. The Hall–Kier alpha value is -0.770. The van der Waals surface area contributed by atoms with Gasteiger partial charge in [-0.05, 0) is 53.7 Å². The van der Waals surface area contributed by atoms with Crippen LogP contribution in [0.2, 0.25) is 0 Å². The van der Waals surface area contributed by atoms with Crippen LogP contribution in [0.3, 0.4) is 0 Å². The van der Waals surface area contributed by atoms with Gasteiger partial charge in [-0.2, -0.15) is 11.3 Å². The largest absolute Gasteiger partial charge is 0.304 e. The lowest BCUT2D eigenvalue weighted by molar-refractivity contribution is 0.113. The van der Waals surface area contributed by atoms with Crippen LogP contribution in [0.4, 0.5) is 0 Å². The Bertz CT molecular complexity index is 771. The van der Waals surface area contributed by atoms with Gasteiger partial charge in [-0.3, -0.25) is 4.90 Å². The third-order valence-corrected chi connectivity index (χ3v) is 7.17. The van der Waals surface area contributed by atoms with Gasteiger partial charge in [0.15, 0.2) is 0 Å². The summed E-state index contributed by atoms with van der Waals surface area (Å²) >= 11 is 4.98. The van der Waals surface area contributed by atoms with Crippen LogP contribution in [-0.2, 0) is 10.0 Å².